The van der Waals surface area contributed by atoms with Crippen LogP contribution in [0, 0.1) is 0 Å². The lowest BCUT2D eigenvalue weighted by Crippen LogP contribution is -2.42. The van der Waals surface area contributed by atoms with Crippen molar-refractivity contribution in [1.82, 2.24) is 9.80 Å². The lowest BCUT2D eigenvalue weighted by atomic mass is 9.94. The maximum Gasteiger partial charge on any atom is 0.295 e. The minimum absolute atomic E-state index is 0.0309. The van der Waals surface area contributed by atoms with Gasteiger partial charge >= 0.3 is 0 Å². The summed E-state index contributed by atoms with van der Waals surface area (Å²) in [5.74, 6) is -1.39. The number of carbonyl (C=O) groups excluding carboxylic acids is 2. The molecule has 1 unspecified atom stereocenters. The van der Waals surface area contributed by atoms with Crippen molar-refractivity contribution in [2.75, 3.05) is 53.1 Å². The number of hydrogen-bond acceptors (Lipinski definition) is 8. The Balaban J connectivity index is 1.81. The van der Waals surface area contributed by atoms with Crippen molar-refractivity contribution in [3.05, 3.63) is 58.1 Å². The maximum atomic E-state index is 13.3. The fourth-order valence-electron chi connectivity index (χ4n) is 4.50. The zero-order valence-corrected chi connectivity index (χ0v) is 21.0. The third-order valence-corrected chi connectivity index (χ3v) is 6.55. The summed E-state index contributed by atoms with van der Waals surface area (Å²) in [6.45, 7) is 5.72. The monoisotopic (exact) mass is 516 g/mol. The van der Waals surface area contributed by atoms with Crippen molar-refractivity contribution in [2.24, 2.45) is 0 Å². The summed E-state index contributed by atoms with van der Waals surface area (Å²) in [6.07, 6.45) is 0. The molecule has 0 spiro atoms. The van der Waals surface area contributed by atoms with Crippen molar-refractivity contribution in [1.29, 1.82) is 0 Å². The van der Waals surface area contributed by atoms with E-state index in [9.17, 15) is 19.8 Å². The third kappa shape index (κ3) is 5.13. The average molecular weight is 517 g/mol. The highest BCUT2D eigenvalue weighted by molar-refractivity contribution is 6.46. The van der Waals surface area contributed by atoms with Gasteiger partial charge in [-0.15, -0.1) is 0 Å². The molecule has 0 radical (unpaired) electrons. The molecule has 2 saturated heterocycles. The molecule has 2 N–H and O–H groups in total. The van der Waals surface area contributed by atoms with Gasteiger partial charge in [0.05, 0.1) is 44.1 Å². The Kier molecular flexibility index (Phi) is 8.03. The number of phenols is 1. The summed E-state index contributed by atoms with van der Waals surface area (Å²) in [5, 5.41) is 21.9. The van der Waals surface area contributed by atoms with Gasteiger partial charge < -0.3 is 29.3 Å². The number of aliphatic hydroxyl groups is 1. The van der Waals surface area contributed by atoms with Crippen LogP contribution in [0.5, 0.6) is 17.2 Å². The van der Waals surface area contributed by atoms with Gasteiger partial charge in [-0.3, -0.25) is 14.5 Å². The van der Waals surface area contributed by atoms with Crippen molar-refractivity contribution < 1.29 is 34.0 Å². The second-order valence-electron chi connectivity index (χ2n) is 8.45. The van der Waals surface area contributed by atoms with Gasteiger partial charge in [-0.25, -0.2) is 0 Å². The van der Waals surface area contributed by atoms with Crippen LogP contribution in [0.2, 0.25) is 5.02 Å². The van der Waals surface area contributed by atoms with E-state index in [0.717, 1.165) is 13.1 Å². The first kappa shape index (κ1) is 25.8. The second kappa shape index (κ2) is 11.2. The Hall–Kier alpha value is -3.27. The molecule has 36 heavy (non-hydrogen) atoms. The molecule has 2 aromatic carbocycles. The molecule has 0 bridgehead atoms. The maximum absolute atomic E-state index is 13.3. The summed E-state index contributed by atoms with van der Waals surface area (Å²) in [5.41, 5.74) is 0.391. The van der Waals surface area contributed by atoms with Gasteiger partial charge in [-0.2, -0.15) is 0 Å². The number of likely N-dealkylation sites (tertiary alicyclic amines) is 1. The topological polar surface area (TPSA) is 109 Å². The van der Waals surface area contributed by atoms with E-state index in [-0.39, 0.29) is 28.5 Å². The lowest BCUT2D eigenvalue weighted by Gasteiger charge is -2.31. The Morgan fingerprint density at radius 3 is 2.56 bits per heavy atom. The van der Waals surface area contributed by atoms with Crippen LogP contribution in [0.15, 0.2) is 42.0 Å². The number of aliphatic hydroxyl groups excluding tert-OH is 1. The van der Waals surface area contributed by atoms with E-state index in [1.165, 1.54) is 30.2 Å². The van der Waals surface area contributed by atoms with Crippen molar-refractivity contribution in [3.63, 3.8) is 0 Å². The summed E-state index contributed by atoms with van der Waals surface area (Å²) in [7, 11) is 1.50. The van der Waals surface area contributed by atoms with E-state index in [1.807, 2.05) is 6.92 Å². The van der Waals surface area contributed by atoms with Crippen LogP contribution in [-0.2, 0) is 14.3 Å². The molecule has 9 nitrogen and oxygen atoms in total. The van der Waals surface area contributed by atoms with Crippen molar-refractivity contribution >= 4 is 29.1 Å². The highest BCUT2D eigenvalue weighted by Crippen LogP contribution is 2.43. The van der Waals surface area contributed by atoms with Crippen molar-refractivity contribution in [2.45, 2.75) is 13.0 Å². The normalized spacial score (nSPS) is 20.1. The molecule has 2 fully saturated rings. The van der Waals surface area contributed by atoms with Gasteiger partial charge in [0.2, 0.25) is 0 Å². The Morgan fingerprint density at radius 2 is 1.86 bits per heavy atom. The number of ether oxygens (including phenoxy) is 3. The predicted octanol–water partition coefficient (Wildman–Crippen LogP) is 3.21. The molecule has 4 rings (SSSR count). The van der Waals surface area contributed by atoms with Gasteiger partial charge in [0.1, 0.15) is 11.5 Å². The fraction of sp³-hybridized carbons (Fsp3) is 0.385. The first-order valence-corrected chi connectivity index (χ1v) is 12.1. The van der Waals surface area contributed by atoms with Gasteiger partial charge in [0.25, 0.3) is 11.7 Å². The van der Waals surface area contributed by atoms with Gasteiger partial charge in [0, 0.05) is 31.2 Å². The Bertz CT molecular complexity index is 1180. The summed E-state index contributed by atoms with van der Waals surface area (Å²) < 4.78 is 16.5. The number of ketones is 1. The van der Waals surface area contributed by atoms with Gasteiger partial charge in [-0.1, -0.05) is 17.7 Å². The number of carbonyl (C=O) groups is 2. The van der Waals surface area contributed by atoms with E-state index in [0.29, 0.717) is 43.4 Å². The molecule has 2 heterocycles. The number of rotatable bonds is 8. The molecule has 0 aliphatic carbocycles. The van der Waals surface area contributed by atoms with Crippen LogP contribution in [-0.4, -0.2) is 84.8 Å². The van der Waals surface area contributed by atoms with Gasteiger partial charge in [-0.05, 0) is 42.8 Å². The third-order valence-electron chi connectivity index (χ3n) is 6.32. The number of amides is 1. The SMILES string of the molecule is CCOc1ccc(C2C(=C(O)c3cc(Cl)ccc3O)C(=O)C(=O)N2CCN2CCOCC2)cc1OC. The number of phenolic OH excluding ortho intramolecular Hbond substituents is 1. The molecule has 0 saturated carbocycles. The summed E-state index contributed by atoms with van der Waals surface area (Å²) in [6, 6.07) is 8.35. The average Bonchev–Trinajstić information content (AvgIpc) is 3.14. The molecule has 1 amide bonds. The summed E-state index contributed by atoms with van der Waals surface area (Å²) in [4.78, 5) is 30.1. The Morgan fingerprint density at radius 1 is 1.11 bits per heavy atom. The van der Waals surface area contributed by atoms with E-state index in [2.05, 4.69) is 4.90 Å². The number of morpholine rings is 1. The first-order valence-electron chi connectivity index (χ1n) is 11.7. The largest absolute Gasteiger partial charge is 0.507 e. The molecule has 192 valence electrons. The van der Waals surface area contributed by atoms with Crippen molar-refractivity contribution in [3.8, 4) is 17.2 Å². The standard InChI is InChI=1S/C26H29ClN2O7/c1-3-36-20-7-4-16(14-21(20)34-2)23-22(24(31)18-15-17(27)5-6-19(18)30)25(32)26(33)29(23)9-8-28-10-12-35-13-11-28/h4-7,14-15,23,30-31H,3,8-13H2,1-2H3. The molecule has 1 atom stereocenters. The van der Waals surface area contributed by atoms with E-state index >= 15 is 0 Å². The second-order valence-corrected chi connectivity index (χ2v) is 8.89. The van der Waals surface area contributed by atoms with Crippen LogP contribution in [0.25, 0.3) is 5.76 Å². The lowest BCUT2D eigenvalue weighted by molar-refractivity contribution is -0.140. The van der Waals surface area contributed by atoms with Crippen LogP contribution >= 0.6 is 11.6 Å². The number of nitrogens with zero attached hydrogens (tertiary/aromatic N) is 2. The van der Waals surface area contributed by atoms with E-state index < -0.39 is 23.5 Å². The molecular formula is C26H29ClN2O7. The van der Waals surface area contributed by atoms with Crippen LogP contribution < -0.4 is 9.47 Å². The summed E-state index contributed by atoms with van der Waals surface area (Å²) >= 11 is 6.08. The highest BCUT2D eigenvalue weighted by atomic mass is 35.5. The number of aromatic hydroxyl groups is 1. The molecule has 2 aromatic rings. The van der Waals surface area contributed by atoms with Crippen LogP contribution in [0.4, 0.5) is 0 Å². The van der Waals surface area contributed by atoms with E-state index in [4.69, 9.17) is 25.8 Å². The first-order chi connectivity index (χ1) is 17.3. The number of hydrogen-bond donors (Lipinski definition) is 2. The number of methoxy groups -OCH3 is 1. The van der Waals surface area contributed by atoms with Crippen LogP contribution in [0.1, 0.15) is 24.1 Å². The zero-order chi connectivity index (χ0) is 25.8. The fourth-order valence-corrected chi connectivity index (χ4v) is 4.68. The Labute approximate surface area is 214 Å². The molecule has 2 aliphatic rings. The smallest absolute Gasteiger partial charge is 0.295 e. The highest BCUT2D eigenvalue weighted by Gasteiger charge is 2.46. The minimum atomic E-state index is -0.908. The number of Topliss-reactive ketones (excluding diaryl/α,β-unsaturated/α-hetero) is 1. The molecule has 0 aromatic heterocycles. The number of benzene rings is 2. The van der Waals surface area contributed by atoms with Crippen LogP contribution in [0.3, 0.4) is 0 Å². The van der Waals surface area contributed by atoms with E-state index in [1.54, 1.807) is 18.2 Å². The molecule has 2 aliphatic heterocycles. The minimum Gasteiger partial charge on any atom is -0.507 e. The predicted molar refractivity (Wildman–Crippen MR) is 134 cm³/mol. The molecular weight excluding hydrogens is 488 g/mol. The number of halogens is 1. The van der Waals surface area contributed by atoms with Gasteiger partial charge in [0.15, 0.2) is 11.5 Å². The zero-order valence-electron chi connectivity index (χ0n) is 20.2. The quantitative estimate of drug-likeness (QED) is 0.313. The molecule has 10 heteroatoms.